The lowest BCUT2D eigenvalue weighted by Crippen LogP contribution is -2.40. The van der Waals surface area contributed by atoms with Gasteiger partial charge in [0.1, 0.15) is 12.1 Å². The lowest BCUT2D eigenvalue weighted by molar-refractivity contribution is -0.131. The van der Waals surface area contributed by atoms with Crippen molar-refractivity contribution in [1.29, 1.82) is 0 Å². The summed E-state index contributed by atoms with van der Waals surface area (Å²) in [6.07, 6.45) is 5.78. The minimum atomic E-state index is 0.147. The molecule has 1 atom stereocenters. The number of aromatic nitrogens is 2. The third kappa shape index (κ3) is 3.67. The molecule has 0 bridgehead atoms. The first-order chi connectivity index (χ1) is 11.3. The fourth-order valence-corrected chi connectivity index (χ4v) is 3.11. The van der Waals surface area contributed by atoms with E-state index in [4.69, 9.17) is 4.74 Å². The number of amides is 1. The number of benzene rings is 1. The van der Waals surface area contributed by atoms with Gasteiger partial charge in [-0.3, -0.25) is 4.79 Å². The van der Waals surface area contributed by atoms with Gasteiger partial charge < -0.3 is 9.64 Å². The van der Waals surface area contributed by atoms with Crippen LogP contribution in [-0.4, -0.2) is 41.0 Å². The number of methoxy groups -OCH3 is 1. The van der Waals surface area contributed by atoms with E-state index in [-0.39, 0.29) is 5.91 Å². The molecule has 0 unspecified atom stereocenters. The lowest BCUT2D eigenvalue weighted by Gasteiger charge is -2.32. The summed E-state index contributed by atoms with van der Waals surface area (Å²) in [4.78, 5) is 22.9. The van der Waals surface area contributed by atoms with E-state index < -0.39 is 0 Å². The minimum Gasteiger partial charge on any atom is -0.496 e. The van der Waals surface area contributed by atoms with Gasteiger partial charge in [-0.1, -0.05) is 18.2 Å². The van der Waals surface area contributed by atoms with Crippen molar-refractivity contribution in [2.24, 2.45) is 0 Å². The number of hydrogen-bond donors (Lipinski definition) is 0. The summed E-state index contributed by atoms with van der Waals surface area (Å²) in [6.45, 7) is 1.54. The largest absolute Gasteiger partial charge is 0.496 e. The quantitative estimate of drug-likeness (QED) is 0.870. The van der Waals surface area contributed by atoms with Crippen LogP contribution in [0.25, 0.3) is 0 Å². The molecule has 2 aromatic rings. The van der Waals surface area contributed by atoms with Gasteiger partial charge in [-0.05, 0) is 25.0 Å². The molecule has 0 saturated carbocycles. The average molecular weight is 311 g/mol. The first kappa shape index (κ1) is 15.5. The Bertz CT molecular complexity index is 660. The molecule has 1 aliphatic heterocycles. The molecule has 5 heteroatoms. The van der Waals surface area contributed by atoms with E-state index in [0.717, 1.165) is 42.9 Å². The molecule has 1 aliphatic rings. The topological polar surface area (TPSA) is 55.3 Å². The summed E-state index contributed by atoms with van der Waals surface area (Å²) in [7, 11) is 1.63. The number of carbonyl (C=O) groups is 1. The summed E-state index contributed by atoms with van der Waals surface area (Å²) < 4.78 is 5.34. The van der Waals surface area contributed by atoms with Gasteiger partial charge in [0.2, 0.25) is 5.91 Å². The first-order valence-corrected chi connectivity index (χ1v) is 7.93. The Morgan fingerprint density at radius 3 is 3.00 bits per heavy atom. The zero-order valence-corrected chi connectivity index (χ0v) is 13.3. The maximum Gasteiger partial charge on any atom is 0.227 e. The summed E-state index contributed by atoms with van der Waals surface area (Å²) in [5.74, 6) is 1.21. The predicted octanol–water partition coefficient (Wildman–Crippen LogP) is 2.43. The van der Waals surface area contributed by atoms with Crippen molar-refractivity contribution < 1.29 is 9.53 Å². The number of para-hydroxylation sites is 1. The van der Waals surface area contributed by atoms with E-state index in [0.29, 0.717) is 12.3 Å². The van der Waals surface area contributed by atoms with Crippen molar-refractivity contribution in [3.8, 4) is 5.75 Å². The van der Waals surface area contributed by atoms with Crippen molar-refractivity contribution in [1.82, 2.24) is 14.9 Å². The van der Waals surface area contributed by atoms with E-state index in [1.165, 1.54) is 0 Å². The van der Waals surface area contributed by atoms with E-state index in [9.17, 15) is 4.79 Å². The summed E-state index contributed by atoms with van der Waals surface area (Å²) in [6, 6.07) is 9.63. The Labute approximate surface area is 136 Å². The Hall–Kier alpha value is -2.43. The number of ether oxygens (including phenoxy) is 1. The molecule has 3 rings (SSSR count). The Morgan fingerprint density at radius 2 is 2.22 bits per heavy atom. The summed E-state index contributed by atoms with van der Waals surface area (Å²) in [5.41, 5.74) is 1.96. The van der Waals surface area contributed by atoms with E-state index in [1.807, 2.05) is 35.2 Å². The third-order valence-electron chi connectivity index (χ3n) is 4.33. The molecule has 1 aromatic carbocycles. The molecule has 2 heterocycles. The molecule has 120 valence electrons. The monoisotopic (exact) mass is 311 g/mol. The van der Waals surface area contributed by atoms with Gasteiger partial charge >= 0.3 is 0 Å². The van der Waals surface area contributed by atoms with Gasteiger partial charge in [0.15, 0.2) is 0 Å². The van der Waals surface area contributed by atoms with Crippen LogP contribution in [0.3, 0.4) is 0 Å². The van der Waals surface area contributed by atoms with Crippen LogP contribution < -0.4 is 4.74 Å². The molecular formula is C18H21N3O2. The molecule has 1 aromatic heterocycles. The van der Waals surface area contributed by atoms with Crippen molar-refractivity contribution in [2.75, 3.05) is 20.2 Å². The number of piperidine rings is 1. The van der Waals surface area contributed by atoms with E-state index in [1.54, 1.807) is 19.6 Å². The maximum atomic E-state index is 12.7. The molecular weight excluding hydrogens is 290 g/mol. The molecule has 5 nitrogen and oxygen atoms in total. The van der Waals surface area contributed by atoms with Crippen LogP contribution >= 0.6 is 0 Å². The average Bonchev–Trinajstić information content (AvgIpc) is 2.63. The second kappa shape index (κ2) is 7.22. The highest BCUT2D eigenvalue weighted by Gasteiger charge is 2.25. The van der Waals surface area contributed by atoms with Crippen LogP contribution in [-0.2, 0) is 11.2 Å². The third-order valence-corrected chi connectivity index (χ3v) is 4.33. The van der Waals surface area contributed by atoms with E-state index >= 15 is 0 Å². The van der Waals surface area contributed by atoms with Crippen molar-refractivity contribution in [2.45, 2.75) is 25.2 Å². The van der Waals surface area contributed by atoms with Gasteiger partial charge in [0.05, 0.1) is 13.5 Å². The lowest BCUT2D eigenvalue weighted by atomic mass is 9.94. The second-order valence-corrected chi connectivity index (χ2v) is 5.80. The van der Waals surface area contributed by atoms with Crippen molar-refractivity contribution >= 4 is 5.91 Å². The number of likely N-dealkylation sites (tertiary alicyclic amines) is 1. The Balaban J connectivity index is 1.68. The molecule has 0 aliphatic carbocycles. The smallest absolute Gasteiger partial charge is 0.227 e. The Morgan fingerprint density at radius 1 is 1.35 bits per heavy atom. The number of rotatable bonds is 4. The fraction of sp³-hybridized carbons (Fsp3) is 0.389. The van der Waals surface area contributed by atoms with Gasteiger partial charge in [-0.2, -0.15) is 0 Å². The predicted molar refractivity (Wildman–Crippen MR) is 87.3 cm³/mol. The second-order valence-electron chi connectivity index (χ2n) is 5.80. The van der Waals surface area contributed by atoms with Crippen LogP contribution in [0.15, 0.2) is 42.9 Å². The number of hydrogen-bond acceptors (Lipinski definition) is 4. The first-order valence-electron chi connectivity index (χ1n) is 7.93. The van der Waals surface area contributed by atoms with Crippen molar-refractivity contribution in [3.63, 3.8) is 0 Å². The molecule has 0 N–H and O–H groups in total. The molecule has 0 spiro atoms. The zero-order chi connectivity index (χ0) is 16.1. The fourth-order valence-electron chi connectivity index (χ4n) is 3.11. The number of nitrogens with zero attached hydrogens (tertiary/aromatic N) is 3. The molecule has 1 fully saturated rings. The summed E-state index contributed by atoms with van der Waals surface area (Å²) in [5, 5.41) is 0. The van der Waals surface area contributed by atoms with E-state index in [2.05, 4.69) is 9.97 Å². The normalized spacial score (nSPS) is 17.8. The SMILES string of the molecule is COc1ccccc1CC(=O)N1CCC[C@@H](c2ccncn2)C1. The van der Waals surface area contributed by atoms with Crippen LogP contribution in [0.1, 0.15) is 30.0 Å². The van der Waals surface area contributed by atoms with Crippen molar-refractivity contribution in [3.05, 3.63) is 54.1 Å². The van der Waals surface area contributed by atoms with Crippen LogP contribution in [0.5, 0.6) is 5.75 Å². The molecule has 1 amide bonds. The molecule has 1 saturated heterocycles. The number of carbonyl (C=O) groups excluding carboxylic acids is 1. The zero-order valence-electron chi connectivity index (χ0n) is 13.3. The van der Waals surface area contributed by atoms with Gasteiger partial charge in [-0.15, -0.1) is 0 Å². The van der Waals surface area contributed by atoms with Crippen LogP contribution in [0.2, 0.25) is 0 Å². The minimum absolute atomic E-state index is 0.147. The standard InChI is InChI=1S/C18H21N3O2/c1-23-17-7-3-2-5-14(17)11-18(22)21-10-4-6-15(12-21)16-8-9-19-13-20-16/h2-3,5,7-9,13,15H,4,6,10-12H2,1H3/t15-/m1/s1. The maximum absolute atomic E-state index is 12.7. The Kier molecular flexibility index (Phi) is 4.86. The highest BCUT2D eigenvalue weighted by atomic mass is 16.5. The van der Waals surface area contributed by atoms with Crippen LogP contribution in [0, 0.1) is 0 Å². The highest BCUT2D eigenvalue weighted by Crippen LogP contribution is 2.26. The summed E-state index contributed by atoms with van der Waals surface area (Å²) >= 11 is 0. The molecule has 0 radical (unpaired) electrons. The highest BCUT2D eigenvalue weighted by molar-refractivity contribution is 5.79. The van der Waals surface area contributed by atoms with Gasteiger partial charge in [0, 0.05) is 36.5 Å². The molecule has 23 heavy (non-hydrogen) atoms. The van der Waals surface area contributed by atoms with Gasteiger partial charge in [-0.25, -0.2) is 9.97 Å². The van der Waals surface area contributed by atoms with Gasteiger partial charge in [0.25, 0.3) is 0 Å². The van der Waals surface area contributed by atoms with Crippen LogP contribution in [0.4, 0.5) is 0 Å².